The summed E-state index contributed by atoms with van der Waals surface area (Å²) in [4.78, 5) is 4.27. The molecule has 2 heteroatoms. The molecule has 0 saturated heterocycles. The molecule has 1 aromatic heterocycles. The van der Waals surface area contributed by atoms with Crippen LogP contribution in [-0.2, 0) is 0 Å². The number of benzene rings is 1. The molecule has 60 valence electrons. The second kappa shape index (κ2) is 3.07. The zero-order chi connectivity index (χ0) is 8.39. The van der Waals surface area contributed by atoms with Gasteiger partial charge in [-0.1, -0.05) is 24.3 Å². The quantitative estimate of drug-likeness (QED) is 0.649. The van der Waals surface area contributed by atoms with Crippen molar-refractivity contribution < 1.29 is 0 Å². The Bertz CT molecular complexity index is 365. The first-order valence-electron chi connectivity index (χ1n) is 3.83. The van der Waals surface area contributed by atoms with E-state index in [1.54, 1.807) is 11.3 Å². The molecule has 2 aromatic rings. The predicted molar refractivity (Wildman–Crippen MR) is 52.3 cm³/mol. The van der Waals surface area contributed by atoms with Crippen LogP contribution in [0.15, 0.2) is 35.8 Å². The first kappa shape index (κ1) is 7.50. The molecule has 0 radical (unpaired) electrons. The van der Waals surface area contributed by atoms with Gasteiger partial charge < -0.3 is 0 Å². The zero-order valence-corrected chi connectivity index (χ0v) is 7.64. The summed E-state index contributed by atoms with van der Waals surface area (Å²) in [6.45, 7) is 2.11. The van der Waals surface area contributed by atoms with Gasteiger partial charge in [0.15, 0.2) is 0 Å². The minimum absolute atomic E-state index is 1.10. The van der Waals surface area contributed by atoms with Crippen molar-refractivity contribution in [1.82, 2.24) is 4.98 Å². The Morgan fingerprint density at radius 2 is 2.08 bits per heavy atom. The standard InChI is InChI=1S/C10H9NS/c1-8-4-2-3-5-9(8)10-11-6-7-12-10/h2-7H,1H3. The lowest BCUT2D eigenvalue weighted by atomic mass is 10.1. The molecule has 0 N–H and O–H groups in total. The normalized spacial score (nSPS) is 10.1. The fourth-order valence-corrected chi connectivity index (χ4v) is 1.90. The van der Waals surface area contributed by atoms with E-state index in [0.717, 1.165) is 5.01 Å². The highest BCUT2D eigenvalue weighted by Gasteiger charge is 2.01. The minimum atomic E-state index is 1.10. The van der Waals surface area contributed by atoms with Crippen LogP contribution in [0.1, 0.15) is 5.56 Å². The predicted octanol–water partition coefficient (Wildman–Crippen LogP) is 3.12. The number of aromatic nitrogens is 1. The highest BCUT2D eigenvalue weighted by molar-refractivity contribution is 7.13. The lowest BCUT2D eigenvalue weighted by molar-refractivity contribution is 1.38. The van der Waals surface area contributed by atoms with Crippen LogP contribution in [0.25, 0.3) is 10.6 Å². The maximum atomic E-state index is 4.27. The molecule has 0 aliphatic rings. The third kappa shape index (κ3) is 1.25. The van der Waals surface area contributed by atoms with E-state index in [2.05, 4.69) is 24.0 Å². The van der Waals surface area contributed by atoms with Crippen LogP contribution in [0.3, 0.4) is 0 Å². The lowest BCUT2D eigenvalue weighted by Crippen LogP contribution is -1.79. The summed E-state index contributed by atoms with van der Waals surface area (Å²) in [5.74, 6) is 0. The Morgan fingerprint density at radius 1 is 1.25 bits per heavy atom. The molecular weight excluding hydrogens is 166 g/mol. The summed E-state index contributed by atoms with van der Waals surface area (Å²) in [7, 11) is 0. The van der Waals surface area contributed by atoms with Crippen LogP contribution in [0.4, 0.5) is 0 Å². The minimum Gasteiger partial charge on any atom is -0.245 e. The van der Waals surface area contributed by atoms with Gasteiger partial charge in [0.25, 0.3) is 0 Å². The van der Waals surface area contributed by atoms with Gasteiger partial charge in [-0.3, -0.25) is 0 Å². The van der Waals surface area contributed by atoms with Gasteiger partial charge in [0.2, 0.25) is 0 Å². The maximum Gasteiger partial charge on any atom is 0.123 e. The SMILES string of the molecule is Cc1ccccc1-c1nccs1. The molecule has 2 rings (SSSR count). The molecule has 1 aromatic carbocycles. The molecule has 0 saturated carbocycles. The first-order chi connectivity index (χ1) is 5.88. The molecular formula is C10H9NS. The number of thiazole rings is 1. The molecule has 0 unspecified atom stereocenters. The van der Waals surface area contributed by atoms with Gasteiger partial charge in [0.1, 0.15) is 5.01 Å². The van der Waals surface area contributed by atoms with Gasteiger partial charge in [-0.25, -0.2) is 4.98 Å². The second-order valence-corrected chi connectivity index (χ2v) is 3.55. The van der Waals surface area contributed by atoms with Gasteiger partial charge in [0.05, 0.1) is 0 Å². The highest BCUT2D eigenvalue weighted by atomic mass is 32.1. The first-order valence-corrected chi connectivity index (χ1v) is 4.71. The average molecular weight is 175 g/mol. The fraction of sp³-hybridized carbons (Fsp3) is 0.100. The largest absolute Gasteiger partial charge is 0.245 e. The van der Waals surface area contributed by atoms with Crippen LogP contribution < -0.4 is 0 Å². The molecule has 0 bridgehead atoms. The van der Waals surface area contributed by atoms with Gasteiger partial charge >= 0.3 is 0 Å². The van der Waals surface area contributed by atoms with Crippen molar-refractivity contribution in [2.24, 2.45) is 0 Å². The molecule has 0 aliphatic carbocycles. The Balaban J connectivity index is 2.55. The van der Waals surface area contributed by atoms with Gasteiger partial charge in [-0.05, 0) is 12.5 Å². The van der Waals surface area contributed by atoms with Crippen molar-refractivity contribution in [2.75, 3.05) is 0 Å². The van der Waals surface area contributed by atoms with E-state index in [-0.39, 0.29) is 0 Å². The molecule has 1 heterocycles. The molecule has 0 fully saturated rings. The number of hydrogen-bond acceptors (Lipinski definition) is 2. The average Bonchev–Trinajstić information content (AvgIpc) is 2.57. The topological polar surface area (TPSA) is 12.9 Å². The monoisotopic (exact) mass is 175 g/mol. The van der Waals surface area contributed by atoms with Gasteiger partial charge in [0, 0.05) is 17.1 Å². The third-order valence-electron chi connectivity index (χ3n) is 1.81. The van der Waals surface area contributed by atoms with Crippen molar-refractivity contribution in [3.05, 3.63) is 41.4 Å². The van der Waals surface area contributed by atoms with E-state index in [9.17, 15) is 0 Å². The van der Waals surface area contributed by atoms with Crippen LogP contribution in [-0.4, -0.2) is 4.98 Å². The van der Waals surface area contributed by atoms with E-state index in [0.29, 0.717) is 0 Å². The Labute approximate surface area is 75.7 Å². The van der Waals surface area contributed by atoms with Gasteiger partial charge in [-0.15, -0.1) is 11.3 Å². The molecule has 0 aliphatic heterocycles. The van der Waals surface area contributed by atoms with E-state index >= 15 is 0 Å². The summed E-state index contributed by atoms with van der Waals surface area (Å²) in [5.41, 5.74) is 2.53. The van der Waals surface area contributed by atoms with E-state index in [1.807, 2.05) is 23.7 Å². The van der Waals surface area contributed by atoms with E-state index in [4.69, 9.17) is 0 Å². The summed E-state index contributed by atoms with van der Waals surface area (Å²) < 4.78 is 0. The van der Waals surface area contributed by atoms with Crippen molar-refractivity contribution in [2.45, 2.75) is 6.92 Å². The van der Waals surface area contributed by atoms with Crippen molar-refractivity contribution >= 4 is 11.3 Å². The van der Waals surface area contributed by atoms with Crippen molar-refractivity contribution in [3.8, 4) is 10.6 Å². The number of rotatable bonds is 1. The van der Waals surface area contributed by atoms with Crippen molar-refractivity contribution in [1.29, 1.82) is 0 Å². The van der Waals surface area contributed by atoms with E-state index < -0.39 is 0 Å². The molecule has 12 heavy (non-hydrogen) atoms. The Morgan fingerprint density at radius 3 is 2.75 bits per heavy atom. The summed E-state index contributed by atoms with van der Waals surface area (Å²) in [5, 5.41) is 3.11. The van der Waals surface area contributed by atoms with Gasteiger partial charge in [-0.2, -0.15) is 0 Å². The Hall–Kier alpha value is -1.15. The van der Waals surface area contributed by atoms with Crippen LogP contribution in [0.5, 0.6) is 0 Å². The molecule has 1 nitrogen and oxygen atoms in total. The summed E-state index contributed by atoms with van der Waals surface area (Å²) in [6.07, 6.45) is 1.84. The lowest BCUT2D eigenvalue weighted by Gasteiger charge is -1.99. The second-order valence-electron chi connectivity index (χ2n) is 2.65. The number of aryl methyl sites for hydroxylation is 1. The van der Waals surface area contributed by atoms with Crippen LogP contribution in [0.2, 0.25) is 0 Å². The fourth-order valence-electron chi connectivity index (χ4n) is 1.17. The third-order valence-corrected chi connectivity index (χ3v) is 2.61. The number of hydrogen-bond donors (Lipinski definition) is 0. The van der Waals surface area contributed by atoms with Crippen LogP contribution in [0, 0.1) is 6.92 Å². The van der Waals surface area contributed by atoms with Crippen LogP contribution >= 0.6 is 11.3 Å². The Kier molecular flexibility index (Phi) is 1.92. The highest BCUT2D eigenvalue weighted by Crippen LogP contribution is 2.24. The summed E-state index contributed by atoms with van der Waals surface area (Å²) >= 11 is 1.68. The number of nitrogens with zero attached hydrogens (tertiary/aromatic N) is 1. The smallest absolute Gasteiger partial charge is 0.123 e. The van der Waals surface area contributed by atoms with E-state index in [1.165, 1.54) is 11.1 Å². The zero-order valence-electron chi connectivity index (χ0n) is 6.82. The molecule has 0 spiro atoms. The molecule has 0 amide bonds. The van der Waals surface area contributed by atoms with Crippen molar-refractivity contribution in [3.63, 3.8) is 0 Å². The maximum absolute atomic E-state index is 4.27. The molecule has 0 atom stereocenters. The summed E-state index contributed by atoms with van der Waals surface area (Å²) in [6, 6.07) is 8.31.